The predicted molar refractivity (Wildman–Crippen MR) is 62.3 cm³/mol. The topological polar surface area (TPSA) is 125 Å². The maximum absolute atomic E-state index is 11.3. The van der Waals surface area contributed by atoms with Gasteiger partial charge in [0.25, 0.3) is 0 Å². The molecule has 0 aliphatic carbocycles. The Balaban J connectivity index is 0.00000400. The van der Waals surface area contributed by atoms with Gasteiger partial charge in [0.15, 0.2) is 0 Å². The van der Waals surface area contributed by atoms with Crippen LogP contribution < -0.4 is 34.7 Å². The first-order valence-corrected chi connectivity index (χ1v) is 6.26. The maximum Gasteiger partial charge on any atom is 1.00 e. The third-order valence-electron chi connectivity index (χ3n) is 3.14. The van der Waals surface area contributed by atoms with Crippen LogP contribution in [0.5, 0.6) is 0 Å². The zero-order valence-corrected chi connectivity index (χ0v) is 14.4. The molecule has 1 aliphatic rings. The molecule has 0 aromatic carbocycles. The Morgan fingerprint density at radius 2 is 1.86 bits per heavy atom. The number of methoxy groups -OCH3 is 1. The first-order valence-electron chi connectivity index (χ1n) is 6.26. The normalized spacial score (nSPS) is 32.1. The Morgan fingerprint density at radius 1 is 1.24 bits per heavy atom. The summed E-state index contributed by atoms with van der Waals surface area (Å²) in [6.07, 6.45) is -5.18. The van der Waals surface area contributed by atoms with Crippen molar-refractivity contribution in [3.63, 3.8) is 0 Å². The smallest absolute Gasteiger partial charge is 0.550 e. The third-order valence-corrected chi connectivity index (χ3v) is 3.14. The van der Waals surface area contributed by atoms with Crippen molar-refractivity contribution in [2.24, 2.45) is 0 Å². The largest absolute Gasteiger partial charge is 1.00 e. The van der Waals surface area contributed by atoms with E-state index >= 15 is 0 Å². The predicted octanol–water partition coefficient (Wildman–Crippen LogP) is -5.41. The number of carboxylic acid groups (broad SMARTS) is 1. The summed E-state index contributed by atoms with van der Waals surface area (Å²) in [7, 11) is 1.34. The molecule has 0 bridgehead atoms. The number of rotatable bonds is 6. The molecule has 116 valence electrons. The van der Waals surface area contributed by atoms with Crippen LogP contribution in [0.15, 0.2) is 0 Å². The molecule has 0 aromatic heterocycles. The van der Waals surface area contributed by atoms with Crippen LogP contribution in [0, 0.1) is 0 Å². The molecule has 1 saturated heterocycles. The van der Waals surface area contributed by atoms with Crippen LogP contribution in [0.4, 0.5) is 0 Å². The van der Waals surface area contributed by atoms with E-state index in [2.05, 4.69) is 0 Å². The van der Waals surface area contributed by atoms with Gasteiger partial charge in [-0.05, 0) is 13.3 Å². The van der Waals surface area contributed by atoms with Gasteiger partial charge in [0.05, 0.1) is 12.5 Å². The van der Waals surface area contributed by atoms with Crippen LogP contribution in [0.2, 0.25) is 0 Å². The van der Waals surface area contributed by atoms with E-state index in [1.165, 1.54) is 7.11 Å². The molecule has 2 N–H and O–H groups in total. The van der Waals surface area contributed by atoms with E-state index in [1.54, 1.807) is 6.92 Å². The number of carbonyl (C=O) groups is 2. The second kappa shape index (κ2) is 9.73. The molecule has 1 fully saturated rings. The number of hydrogen-bond donors (Lipinski definition) is 2. The SMILES string of the molecule is CO[C@H]1C(COC(=O)CCC(=O)[O-])O[C@H](C)C(O)[C@@H]1O.[Na+]. The number of esters is 1. The van der Waals surface area contributed by atoms with Gasteiger partial charge in [-0.25, -0.2) is 0 Å². The van der Waals surface area contributed by atoms with E-state index in [0.29, 0.717) is 0 Å². The van der Waals surface area contributed by atoms with Crippen molar-refractivity contribution in [1.29, 1.82) is 0 Å². The minimum absolute atomic E-state index is 0. The van der Waals surface area contributed by atoms with E-state index in [0.717, 1.165) is 0 Å². The van der Waals surface area contributed by atoms with Gasteiger partial charge in [-0.15, -0.1) is 0 Å². The molecule has 21 heavy (non-hydrogen) atoms. The molecule has 0 spiro atoms. The Labute approximate surface area is 144 Å². The fraction of sp³-hybridized carbons (Fsp3) is 0.833. The van der Waals surface area contributed by atoms with E-state index in [4.69, 9.17) is 14.2 Å². The summed E-state index contributed by atoms with van der Waals surface area (Å²) in [6.45, 7) is 1.38. The Morgan fingerprint density at radius 3 is 2.38 bits per heavy atom. The van der Waals surface area contributed by atoms with Gasteiger partial charge < -0.3 is 34.3 Å². The Kier molecular flexibility index (Phi) is 9.63. The second-order valence-corrected chi connectivity index (χ2v) is 4.62. The van der Waals surface area contributed by atoms with Crippen molar-refractivity contribution in [2.75, 3.05) is 13.7 Å². The van der Waals surface area contributed by atoms with Crippen molar-refractivity contribution in [1.82, 2.24) is 0 Å². The zero-order valence-electron chi connectivity index (χ0n) is 12.4. The second-order valence-electron chi connectivity index (χ2n) is 4.62. The fourth-order valence-corrected chi connectivity index (χ4v) is 2.00. The third kappa shape index (κ3) is 6.19. The number of aliphatic carboxylic acids is 1. The van der Waals surface area contributed by atoms with Gasteiger partial charge in [0.1, 0.15) is 31.0 Å². The minimum Gasteiger partial charge on any atom is -0.550 e. The summed E-state index contributed by atoms with van der Waals surface area (Å²) in [5.74, 6) is -2.04. The first kappa shape index (κ1) is 20.8. The summed E-state index contributed by atoms with van der Waals surface area (Å²) >= 11 is 0. The van der Waals surface area contributed by atoms with Crippen molar-refractivity contribution >= 4 is 11.9 Å². The van der Waals surface area contributed by atoms with Crippen LogP contribution in [-0.4, -0.2) is 66.4 Å². The van der Waals surface area contributed by atoms with Gasteiger partial charge in [-0.2, -0.15) is 0 Å². The fourth-order valence-electron chi connectivity index (χ4n) is 2.00. The summed E-state index contributed by atoms with van der Waals surface area (Å²) in [4.78, 5) is 21.5. The molecular formula is C12H19NaO8. The molecule has 2 unspecified atom stereocenters. The van der Waals surface area contributed by atoms with Crippen LogP contribution in [0.25, 0.3) is 0 Å². The van der Waals surface area contributed by atoms with Gasteiger partial charge in [0, 0.05) is 13.1 Å². The molecule has 0 aromatic rings. The molecule has 1 rings (SSSR count). The number of aliphatic hydroxyl groups excluding tert-OH is 2. The van der Waals surface area contributed by atoms with Crippen LogP contribution in [0.3, 0.4) is 0 Å². The van der Waals surface area contributed by atoms with Gasteiger partial charge in [-0.3, -0.25) is 4.79 Å². The van der Waals surface area contributed by atoms with Gasteiger partial charge >= 0.3 is 35.5 Å². The number of carbonyl (C=O) groups excluding carboxylic acids is 2. The molecule has 0 saturated carbocycles. The Bertz CT molecular complexity index is 350. The average molecular weight is 314 g/mol. The Hall–Kier alpha value is -0.220. The summed E-state index contributed by atoms with van der Waals surface area (Å²) < 4.78 is 15.3. The number of hydrogen-bond acceptors (Lipinski definition) is 8. The average Bonchev–Trinajstić information content (AvgIpc) is 2.40. The number of carboxylic acids is 1. The first-order chi connectivity index (χ1) is 9.36. The van der Waals surface area contributed by atoms with Crippen molar-refractivity contribution in [2.45, 2.75) is 50.3 Å². The maximum atomic E-state index is 11.3. The summed E-state index contributed by atoms with van der Waals surface area (Å²) in [5.41, 5.74) is 0. The van der Waals surface area contributed by atoms with E-state index in [9.17, 15) is 24.9 Å². The molecular weight excluding hydrogens is 295 g/mol. The number of ether oxygens (including phenoxy) is 3. The quantitative estimate of drug-likeness (QED) is 0.367. The molecule has 1 heterocycles. The van der Waals surface area contributed by atoms with E-state index in [-0.39, 0.29) is 42.6 Å². The van der Waals surface area contributed by atoms with Crippen LogP contribution in [-0.2, 0) is 23.8 Å². The van der Waals surface area contributed by atoms with E-state index in [1.807, 2.05) is 0 Å². The molecule has 9 heteroatoms. The minimum atomic E-state index is -1.34. The summed E-state index contributed by atoms with van der Waals surface area (Å²) in [5, 5.41) is 29.7. The molecule has 5 atom stereocenters. The molecule has 8 nitrogen and oxygen atoms in total. The zero-order chi connectivity index (χ0) is 15.3. The van der Waals surface area contributed by atoms with Crippen molar-refractivity contribution in [3.8, 4) is 0 Å². The van der Waals surface area contributed by atoms with Gasteiger partial charge in [-0.1, -0.05) is 0 Å². The van der Waals surface area contributed by atoms with Crippen LogP contribution in [0.1, 0.15) is 19.8 Å². The molecule has 0 radical (unpaired) electrons. The summed E-state index contributed by atoms with van der Waals surface area (Å²) in [6, 6.07) is 0. The van der Waals surface area contributed by atoms with Gasteiger partial charge in [0.2, 0.25) is 0 Å². The van der Waals surface area contributed by atoms with Crippen molar-refractivity contribution < 1.29 is 68.7 Å². The molecule has 1 aliphatic heterocycles. The van der Waals surface area contributed by atoms with E-state index < -0.39 is 48.9 Å². The standard InChI is InChI=1S/C12H20O8.Na/c1-6-10(16)11(17)12(18-2)7(20-6)5-19-9(15)4-3-8(13)14;/h6-7,10-12,16-17H,3-5H2,1-2H3,(H,13,14);/q;+1/p-1/t6-,7?,10?,11+,12+;/m1./s1. The number of aliphatic hydroxyl groups is 2. The monoisotopic (exact) mass is 314 g/mol. The van der Waals surface area contributed by atoms with Crippen LogP contribution >= 0.6 is 0 Å². The van der Waals surface area contributed by atoms with Crippen molar-refractivity contribution in [3.05, 3.63) is 0 Å². The molecule has 0 amide bonds.